The lowest BCUT2D eigenvalue weighted by atomic mass is 10.1. The third-order valence-electron chi connectivity index (χ3n) is 3.77. The monoisotopic (exact) mass is 250 g/mol. The molecule has 4 heteroatoms. The van der Waals surface area contributed by atoms with E-state index in [1.807, 2.05) is 10.9 Å². The maximum atomic E-state index is 6.02. The molecule has 0 aromatic carbocycles. The van der Waals surface area contributed by atoms with E-state index in [0.29, 0.717) is 12.6 Å². The molecule has 0 radical (unpaired) electrons. The van der Waals surface area contributed by atoms with Crippen molar-refractivity contribution >= 4 is 0 Å². The summed E-state index contributed by atoms with van der Waals surface area (Å²) in [4.78, 5) is 2.60. The minimum atomic E-state index is 0.351. The Bertz CT molecular complexity index is 356. The summed E-state index contributed by atoms with van der Waals surface area (Å²) in [5.74, 6) is 0. The first-order valence-electron chi connectivity index (χ1n) is 7.28. The molecule has 4 nitrogen and oxygen atoms in total. The molecule has 1 saturated carbocycles. The maximum absolute atomic E-state index is 6.02. The summed E-state index contributed by atoms with van der Waals surface area (Å²) < 4.78 is 1.99. The topological polar surface area (TPSA) is 47.1 Å². The fourth-order valence-corrected chi connectivity index (χ4v) is 2.53. The van der Waals surface area contributed by atoms with Gasteiger partial charge in [0, 0.05) is 30.9 Å². The van der Waals surface area contributed by atoms with Gasteiger partial charge in [0.05, 0.1) is 12.2 Å². The third-order valence-corrected chi connectivity index (χ3v) is 3.77. The molecule has 0 spiro atoms. The molecule has 2 rings (SSSR count). The standard InChI is InChI=1S/C14H26N4/c1-3-5-8-18(13-6-7-13)14(9-15)12-10-16-17(4-2)11-12/h10-11,13-14H,3-9,15H2,1-2H3. The zero-order valence-corrected chi connectivity index (χ0v) is 11.7. The molecular formula is C14H26N4. The highest BCUT2D eigenvalue weighted by Gasteiger charge is 2.33. The van der Waals surface area contributed by atoms with Crippen LogP contribution in [0.4, 0.5) is 0 Å². The number of hydrogen-bond acceptors (Lipinski definition) is 3. The Labute approximate surface area is 110 Å². The molecule has 0 aliphatic heterocycles. The quantitative estimate of drug-likeness (QED) is 0.769. The predicted molar refractivity (Wildman–Crippen MR) is 74.3 cm³/mol. The van der Waals surface area contributed by atoms with Crippen molar-refractivity contribution in [2.75, 3.05) is 13.1 Å². The van der Waals surface area contributed by atoms with Gasteiger partial charge in [-0.15, -0.1) is 0 Å². The second-order valence-corrected chi connectivity index (χ2v) is 5.20. The van der Waals surface area contributed by atoms with Crippen LogP contribution in [0.3, 0.4) is 0 Å². The van der Waals surface area contributed by atoms with Crippen LogP contribution >= 0.6 is 0 Å². The van der Waals surface area contributed by atoms with Gasteiger partial charge in [0.1, 0.15) is 0 Å². The molecule has 1 aromatic heterocycles. The van der Waals surface area contributed by atoms with Gasteiger partial charge < -0.3 is 5.73 Å². The third kappa shape index (κ3) is 3.12. The van der Waals surface area contributed by atoms with Crippen LogP contribution in [0.1, 0.15) is 51.1 Å². The summed E-state index contributed by atoms with van der Waals surface area (Å²) in [6.45, 7) is 7.15. The summed E-state index contributed by atoms with van der Waals surface area (Å²) in [7, 11) is 0. The molecule has 2 N–H and O–H groups in total. The highest BCUT2D eigenvalue weighted by atomic mass is 15.3. The SMILES string of the molecule is CCCCN(C1CC1)C(CN)c1cnn(CC)c1. The van der Waals surface area contributed by atoms with Gasteiger partial charge in [-0.25, -0.2) is 0 Å². The number of nitrogens with two attached hydrogens (primary N) is 1. The van der Waals surface area contributed by atoms with Crippen molar-refractivity contribution in [3.8, 4) is 0 Å². The zero-order valence-electron chi connectivity index (χ0n) is 11.7. The van der Waals surface area contributed by atoms with Crippen LogP contribution in [-0.4, -0.2) is 33.8 Å². The lowest BCUT2D eigenvalue weighted by Gasteiger charge is -2.30. The normalized spacial score (nSPS) is 17.3. The second-order valence-electron chi connectivity index (χ2n) is 5.20. The van der Waals surface area contributed by atoms with Crippen LogP contribution in [0.2, 0.25) is 0 Å². The van der Waals surface area contributed by atoms with E-state index in [9.17, 15) is 0 Å². The fraction of sp³-hybridized carbons (Fsp3) is 0.786. The van der Waals surface area contributed by atoms with Crippen LogP contribution in [0.5, 0.6) is 0 Å². The smallest absolute Gasteiger partial charge is 0.0538 e. The van der Waals surface area contributed by atoms with Gasteiger partial charge in [0.2, 0.25) is 0 Å². The number of aromatic nitrogens is 2. The van der Waals surface area contributed by atoms with E-state index in [0.717, 1.165) is 12.6 Å². The van der Waals surface area contributed by atoms with Crippen molar-refractivity contribution < 1.29 is 0 Å². The van der Waals surface area contributed by atoms with Crippen LogP contribution in [-0.2, 0) is 6.54 Å². The Morgan fingerprint density at radius 3 is 2.78 bits per heavy atom. The number of nitrogens with zero attached hydrogens (tertiary/aromatic N) is 3. The molecule has 1 fully saturated rings. The molecule has 0 amide bonds. The Hall–Kier alpha value is -0.870. The molecule has 102 valence electrons. The van der Waals surface area contributed by atoms with E-state index in [2.05, 4.69) is 30.0 Å². The average molecular weight is 250 g/mol. The highest BCUT2D eigenvalue weighted by Crippen LogP contribution is 2.34. The van der Waals surface area contributed by atoms with E-state index in [-0.39, 0.29) is 0 Å². The van der Waals surface area contributed by atoms with Gasteiger partial charge in [-0.05, 0) is 32.7 Å². The van der Waals surface area contributed by atoms with Gasteiger partial charge in [-0.3, -0.25) is 9.58 Å². The van der Waals surface area contributed by atoms with Crippen molar-refractivity contribution in [1.29, 1.82) is 0 Å². The summed E-state index contributed by atoms with van der Waals surface area (Å²) in [6.07, 6.45) is 9.31. The number of rotatable bonds is 8. The molecule has 1 aliphatic rings. The minimum absolute atomic E-state index is 0.351. The molecule has 18 heavy (non-hydrogen) atoms. The summed E-state index contributed by atoms with van der Waals surface area (Å²) in [6, 6.07) is 1.11. The van der Waals surface area contributed by atoms with Crippen molar-refractivity contribution in [3.63, 3.8) is 0 Å². The second kappa shape index (κ2) is 6.34. The van der Waals surface area contributed by atoms with Crippen molar-refractivity contribution in [2.24, 2.45) is 5.73 Å². The van der Waals surface area contributed by atoms with E-state index < -0.39 is 0 Å². The van der Waals surface area contributed by atoms with Crippen molar-refractivity contribution in [3.05, 3.63) is 18.0 Å². The van der Waals surface area contributed by atoms with Crippen molar-refractivity contribution in [2.45, 2.75) is 58.2 Å². The van der Waals surface area contributed by atoms with E-state index in [1.165, 1.54) is 37.8 Å². The Morgan fingerprint density at radius 2 is 2.28 bits per heavy atom. The molecule has 1 atom stereocenters. The first-order valence-corrected chi connectivity index (χ1v) is 7.28. The van der Waals surface area contributed by atoms with E-state index >= 15 is 0 Å². The maximum Gasteiger partial charge on any atom is 0.0538 e. The summed E-state index contributed by atoms with van der Waals surface area (Å²) in [5.41, 5.74) is 7.29. The fourth-order valence-electron chi connectivity index (χ4n) is 2.53. The molecule has 0 saturated heterocycles. The Balaban J connectivity index is 2.08. The van der Waals surface area contributed by atoms with Gasteiger partial charge in [0.15, 0.2) is 0 Å². The van der Waals surface area contributed by atoms with Crippen molar-refractivity contribution in [1.82, 2.24) is 14.7 Å². The van der Waals surface area contributed by atoms with Crippen LogP contribution in [0.25, 0.3) is 0 Å². The Morgan fingerprint density at radius 1 is 1.50 bits per heavy atom. The van der Waals surface area contributed by atoms with Crippen LogP contribution in [0.15, 0.2) is 12.4 Å². The number of hydrogen-bond donors (Lipinski definition) is 1. The first kappa shape index (κ1) is 13.6. The molecular weight excluding hydrogens is 224 g/mol. The van der Waals surface area contributed by atoms with Gasteiger partial charge in [-0.2, -0.15) is 5.10 Å². The molecule has 1 unspecified atom stereocenters. The summed E-state index contributed by atoms with van der Waals surface area (Å²) >= 11 is 0. The average Bonchev–Trinajstić information content (AvgIpc) is 3.12. The zero-order chi connectivity index (χ0) is 13.0. The largest absolute Gasteiger partial charge is 0.329 e. The lowest BCUT2D eigenvalue weighted by molar-refractivity contribution is 0.188. The predicted octanol–water partition coefficient (Wildman–Crippen LogP) is 2.17. The number of unbranched alkanes of at least 4 members (excludes halogenated alkanes) is 1. The van der Waals surface area contributed by atoms with Gasteiger partial charge >= 0.3 is 0 Å². The van der Waals surface area contributed by atoms with Gasteiger partial charge in [0.25, 0.3) is 0 Å². The molecule has 0 bridgehead atoms. The highest BCUT2D eigenvalue weighted by molar-refractivity contribution is 5.13. The molecule has 1 heterocycles. The van der Waals surface area contributed by atoms with Crippen LogP contribution in [0, 0.1) is 0 Å². The molecule has 1 aromatic rings. The minimum Gasteiger partial charge on any atom is -0.329 e. The lowest BCUT2D eigenvalue weighted by Crippen LogP contribution is -2.36. The van der Waals surface area contributed by atoms with Crippen LogP contribution < -0.4 is 5.73 Å². The number of aryl methyl sites for hydroxylation is 1. The first-order chi connectivity index (χ1) is 8.80. The Kier molecular flexibility index (Phi) is 4.78. The summed E-state index contributed by atoms with van der Waals surface area (Å²) in [5, 5.41) is 4.38. The van der Waals surface area contributed by atoms with E-state index in [1.54, 1.807) is 0 Å². The molecule has 1 aliphatic carbocycles. The van der Waals surface area contributed by atoms with E-state index in [4.69, 9.17) is 5.73 Å². The van der Waals surface area contributed by atoms with Gasteiger partial charge in [-0.1, -0.05) is 13.3 Å².